The normalized spacial score (nSPS) is 22.0. The molecule has 1 N–H and O–H groups in total. The summed E-state index contributed by atoms with van der Waals surface area (Å²) in [5.41, 5.74) is 2.03. The molecule has 2 aliphatic rings. The van der Waals surface area contributed by atoms with Crippen molar-refractivity contribution in [3.63, 3.8) is 0 Å². The predicted molar refractivity (Wildman–Crippen MR) is 81.1 cm³/mol. The van der Waals surface area contributed by atoms with Crippen LogP contribution in [0.5, 0.6) is 0 Å². The Morgan fingerprint density at radius 2 is 2.27 bits per heavy atom. The number of fused-ring (bicyclic) bond motifs is 1. The van der Waals surface area contributed by atoms with Crippen LogP contribution in [0, 0.1) is 0 Å². The summed E-state index contributed by atoms with van der Waals surface area (Å²) in [6.07, 6.45) is 5.55. The SMILES string of the molecule is CN1CCC(n2ccnc2-c2cc3n(n2)CCCNC3)C1=O. The molecule has 7 nitrogen and oxygen atoms in total. The van der Waals surface area contributed by atoms with E-state index in [1.807, 2.05) is 17.8 Å². The highest BCUT2D eigenvalue weighted by atomic mass is 16.2. The summed E-state index contributed by atoms with van der Waals surface area (Å²) in [6.45, 7) is 3.58. The molecule has 0 bridgehead atoms. The highest BCUT2D eigenvalue weighted by Gasteiger charge is 2.32. The number of carbonyl (C=O) groups excluding carboxylic acids is 1. The Morgan fingerprint density at radius 1 is 1.36 bits per heavy atom. The average Bonchev–Trinajstić information content (AvgIpc) is 3.17. The number of likely N-dealkylation sites (N-methyl/N-ethyl adjacent to an activating group) is 1. The minimum atomic E-state index is -0.151. The molecular formula is C15H20N6O. The zero-order chi connectivity index (χ0) is 15.1. The van der Waals surface area contributed by atoms with E-state index in [2.05, 4.69) is 21.0 Å². The van der Waals surface area contributed by atoms with E-state index in [0.717, 1.165) is 50.5 Å². The number of aromatic nitrogens is 4. The summed E-state index contributed by atoms with van der Waals surface area (Å²) in [7, 11) is 1.85. The van der Waals surface area contributed by atoms with Crippen molar-refractivity contribution in [1.82, 2.24) is 29.5 Å². The number of hydrogen-bond acceptors (Lipinski definition) is 4. The molecule has 2 aromatic rings. The molecule has 1 fully saturated rings. The van der Waals surface area contributed by atoms with Crippen LogP contribution in [-0.4, -0.2) is 50.3 Å². The third kappa shape index (κ3) is 2.12. The van der Waals surface area contributed by atoms with Gasteiger partial charge in [0.25, 0.3) is 0 Å². The zero-order valence-electron chi connectivity index (χ0n) is 12.7. The second-order valence-electron chi connectivity index (χ2n) is 6.00. The van der Waals surface area contributed by atoms with E-state index in [-0.39, 0.29) is 11.9 Å². The van der Waals surface area contributed by atoms with E-state index in [1.54, 1.807) is 11.1 Å². The van der Waals surface area contributed by atoms with Gasteiger partial charge in [-0.2, -0.15) is 5.10 Å². The van der Waals surface area contributed by atoms with Crippen LogP contribution in [0.25, 0.3) is 11.5 Å². The first-order valence-electron chi connectivity index (χ1n) is 7.79. The Morgan fingerprint density at radius 3 is 3.09 bits per heavy atom. The van der Waals surface area contributed by atoms with Crippen LogP contribution in [0.15, 0.2) is 18.5 Å². The second kappa shape index (κ2) is 5.24. The van der Waals surface area contributed by atoms with Gasteiger partial charge in [-0.15, -0.1) is 0 Å². The Kier molecular flexibility index (Phi) is 3.22. The molecule has 116 valence electrons. The molecule has 0 saturated carbocycles. The Bertz CT molecular complexity index is 679. The Hall–Kier alpha value is -2.15. The fourth-order valence-corrected chi connectivity index (χ4v) is 3.30. The largest absolute Gasteiger partial charge is 0.344 e. The van der Waals surface area contributed by atoms with E-state index in [1.165, 1.54) is 5.69 Å². The first-order valence-corrected chi connectivity index (χ1v) is 7.79. The van der Waals surface area contributed by atoms with E-state index in [9.17, 15) is 4.79 Å². The molecule has 22 heavy (non-hydrogen) atoms. The molecule has 4 heterocycles. The number of nitrogens with one attached hydrogen (secondary N) is 1. The van der Waals surface area contributed by atoms with Crippen LogP contribution in [0.4, 0.5) is 0 Å². The van der Waals surface area contributed by atoms with Gasteiger partial charge in [-0.3, -0.25) is 9.48 Å². The maximum atomic E-state index is 12.3. The molecule has 0 radical (unpaired) electrons. The van der Waals surface area contributed by atoms with Crippen molar-refractivity contribution in [2.45, 2.75) is 32.0 Å². The van der Waals surface area contributed by atoms with Gasteiger partial charge in [0.05, 0.1) is 5.69 Å². The molecule has 2 aliphatic heterocycles. The number of hydrogen-bond donors (Lipinski definition) is 1. The van der Waals surface area contributed by atoms with Crippen molar-refractivity contribution in [2.75, 3.05) is 20.1 Å². The summed E-state index contributed by atoms with van der Waals surface area (Å²) < 4.78 is 4.03. The molecule has 7 heteroatoms. The minimum absolute atomic E-state index is 0.151. The van der Waals surface area contributed by atoms with E-state index < -0.39 is 0 Å². The summed E-state index contributed by atoms with van der Waals surface area (Å²) in [5, 5.41) is 8.09. The molecule has 1 atom stereocenters. The number of amides is 1. The summed E-state index contributed by atoms with van der Waals surface area (Å²) in [4.78, 5) is 18.5. The van der Waals surface area contributed by atoms with Gasteiger partial charge in [-0.25, -0.2) is 4.98 Å². The molecule has 2 aromatic heterocycles. The molecule has 1 unspecified atom stereocenters. The number of imidazole rings is 1. The predicted octanol–water partition coefficient (Wildman–Crippen LogP) is 0.643. The lowest BCUT2D eigenvalue weighted by molar-refractivity contribution is -0.129. The highest BCUT2D eigenvalue weighted by Crippen LogP contribution is 2.28. The van der Waals surface area contributed by atoms with Crippen molar-refractivity contribution in [1.29, 1.82) is 0 Å². The summed E-state index contributed by atoms with van der Waals surface area (Å²) >= 11 is 0. The number of carbonyl (C=O) groups is 1. The second-order valence-corrected chi connectivity index (χ2v) is 6.00. The lowest BCUT2D eigenvalue weighted by atomic mass is 10.2. The van der Waals surface area contributed by atoms with Gasteiger partial charge in [-0.1, -0.05) is 0 Å². The van der Waals surface area contributed by atoms with E-state index in [0.29, 0.717) is 0 Å². The van der Waals surface area contributed by atoms with Gasteiger partial charge >= 0.3 is 0 Å². The number of aryl methyl sites for hydroxylation is 1. The highest BCUT2D eigenvalue weighted by molar-refractivity contribution is 5.82. The van der Waals surface area contributed by atoms with Crippen molar-refractivity contribution in [3.05, 3.63) is 24.2 Å². The zero-order valence-corrected chi connectivity index (χ0v) is 12.7. The van der Waals surface area contributed by atoms with Gasteiger partial charge in [0.2, 0.25) is 5.91 Å². The molecule has 1 saturated heterocycles. The fourth-order valence-electron chi connectivity index (χ4n) is 3.30. The smallest absolute Gasteiger partial charge is 0.245 e. The van der Waals surface area contributed by atoms with Crippen molar-refractivity contribution in [3.8, 4) is 11.5 Å². The van der Waals surface area contributed by atoms with Crippen LogP contribution < -0.4 is 5.32 Å². The van der Waals surface area contributed by atoms with Gasteiger partial charge in [0.15, 0.2) is 5.82 Å². The van der Waals surface area contributed by atoms with Crippen molar-refractivity contribution >= 4 is 5.91 Å². The van der Waals surface area contributed by atoms with Gasteiger partial charge in [0, 0.05) is 39.1 Å². The van der Waals surface area contributed by atoms with E-state index >= 15 is 0 Å². The third-order valence-electron chi connectivity index (χ3n) is 4.53. The van der Waals surface area contributed by atoms with Crippen LogP contribution >= 0.6 is 0 Å². The minimum Gasteiger partial charge on any atom is -0.344 e. The van der Waals surface area contributed by atoms with Crippen LogP contribution in [0.2, 0.25) is 0 Å². The van der Waals surface area contributed by atoms with Gasteiger partial charge in [0.1, 0.15) is 11.7 Å². The van der Waals surface area contributed by atoms with E-state index in [4.69, 9.17) is 5.10 Å². The first kappa shape index (κ1) is 13.5. The Labute approximate surface area is 128 Å². The Balaban J connectivity index is 1.70. The first-order chi connectivity index (χ1) is 10.7. The van der Waals surface area contributed by atoms with Crippen LogP contribution in [0.3, 0.4) is 0 Å². The van der Waals surface area contributed by atoms with Crippen LogP contribution in [-0.2, 0) is 17.9 Å². The molecular weight excluding hydrogens is 280 g/mol. The standard InChI is InChI=1S/C15H20N6O/c1-19-7-3-13(15(19)22)20-8-5-17-14(20)12-9-11-10-16-4-2-6-21(11)18-12/h5,8-9,13,16H,2-4,6-7,10H2,1H3. The monoisotopic (exact) mass is 300 g/mol. The molecule has 0 aromatic carbocycles. The topological polar surface area (TPSA) is 68.0 Å². The van der Waals surface area contributed by atoms with Crippen molar-refractivity contribution < 1.29 is 4.79 Å². The average molecular weight is 300 g/mol. The number of likely N-dealkylation sites (tertiary alicyclic amines) is 1. The molecule has 0 aliphatic carbocycles. The lowest BCUT2D eigenvalue weighted by Crippen LogP contribution is -2.24. The quantitative estimate of drug-likeness (QED) is 0.884. The fraction of sp³-hybridized carbons (Fsp3) is 0.533. The lowest BCUT2D eigenvalue weighted by Gasteiger charge is -2.13. The van der Waals surface area contributed by atoms with Gasteiger partial charge in [-0.05, 0) is 25.5 Å². The maximum Gasteiger partial charge on any atom is 0.245 e. The maximum absolute atomic E-state index is 12.3. The van der Waals surface area contributed by atoms with Gasteiger partial charge < -0.3 is 14.8 Å². The number of nitrogens with zero attached hydrogens (tertiary/aromatic N) is 5. The third-order valence-corrected chi connectivity index (χ3v) is 4.53. The summed E-state index contributed by atoms with van der Waals surface area (Å²) in [5.74, 6) is 0.941. The molecule has 0 spiro atoms. The number of rotatable bonds is 2. The molecule has 1 amide bonds. The van der Waals surface area contributed by atoms with Crippen LogP contribution in [0.1, 0.15) is 24.6 Å². The summed E-state index contributed by atoms with van der Waals surface area (Å²) in [6, 6.07) is 1.93. The van der Waals surface area contributed by atoms with Crippen molar-refractivity contribution in [2.24, 2.45) is 0 Å². The molecule has 4 rings (SSSR count).